The lowest BCUT2D eigenvalue weighted by molar-refractivity contribution is 0.0697. The van der Waals surface area contributed by atoms with Crippen molar-refractivity contribution in [1.82, 2.24) is 0 Å². The minimum Gasteiger partial charge on any atom is -0.507 e. The van der Waals surface area contributed by atoms with Crippen molar-refractivity contribution in [3.63, 3.8) is 0 Å². The van der Waals surface area contributed by atoms with Gasteiger partial charge in [-0.3, -0.25) is 0 Å². The summed E-state index contributed by atoms with van der Waals surface area (Å²) in [5, 5.41) is 28.4. The van der Waals surface area contributed by atoms with Gasteiger partial charge in [-0.2, -0.15) is 0 Å². The Hall–Kier alpha value is -2.75. The average Bonchev–Trinajstić information content (AvgIpc) is 2.89. The lowest BCUT2D eigenvalue weighted by atomic mass is 10.1. The molecule has 0 saturated carbocycles. The van der Waals surface area contributed by atoms with Gasteiger partial charge in [0.25, 0.3) is 0 Å². The molecule has 19 heavy (non-hydrogen) atoms. The first kappa shape index (κ1) is 12.7. The van der Waals surface area contributed by atoms with Gasteiger partial charge < -0.3 is 15.3 Å². The highest BCUT2D eigenvalue weighted by atomic mass is 16.4. The Morgan fingerprint density at radius 1 is 1.11 bits per heavy atom. The van der Waals surface area contributed by atoms with Gasteiger partial charge in [-0.1, -0.05) is 30.4 Å². The molecule has 0 amide bonds. The first-order chi connectivity index (χ1) is 9.08. The number of hydrogen-bond acceptors (Lipinski definition) is 3. The third-order valence-corrected chi connectivity index (χ3v) is 2.64. The molecule has 0 atom stereocenters. The summed E-state index contributed by atoms with van der Waals surface area (Å²) in [6.45, 7) is 0. The highest BCUT2D eigenvalue weighted by molar-refractivity contribution is 5.89. The first-order valence-corrected chi connectivity index (χ1v) is 5.60. The molecular formula is C15H12O4. The van der Waals surface area contributed by atoms with Gasteiger partial charge in [-0.25, -0.2) is 4.79 Å². The van der Waals surface area contributed by atoms with Crippen molar-refractivity contribution in [2.45, 2.75) is 0 Å². The van der Waals surface area contributed by atoms with Gasteiger partial charge in [-0.05, 0) is 29.8 Å². The van der Waals surface area contributed by atoms with E-state index in [2.05, 4.69) is 0 Å². The van der Waals surface area contributed by atoms with Crippen LogP contribution in [0, 0.1) is 0 Å². The van der Waals surface area contributed by atoms with Crippen LogP contribution in [0.2, 0.25) is 0 Å². The van der Waals surface area contributed by atoms with Gasteiger partial charge in [0, 0.05) is 0 Å². The van der Waals surface area contributed by atoms with Crippen LogP contribution in [-0.2, 0) is 0 Å². The summed E-state index contributed by atoms with van der Waals surface area (Å²) < 4.78 is 0. The number of rotatable bonds is 3. The number of hydrogen-bond donors (Lipinski definition) is 3. The Labute approximate surface area is 109 Å². The van der Waals surface area contributed by atoms with Gasteiger partial charge in [-0.15, -0.1) is 0 Å². The summed E-state index contributed by atoms with van der Waals surface area (Å²) in [7, 11) is 0. The van der Waals surface area contributed by atoms with E-state index in [-0.39, 0.29) is 22.6 Å². The van der Waals surface area contributed by atoms with Crippen LogP contribution < -0.4 is 0 Å². The predicted octanol–water partition coefficient (Wildman–Crippen LogP) is 3.04. The smallest absolute Gasteiger partial charge is 0.335 e. The molecule has 1 aromatic carbocycles. The summed E-state index contributed by atoms with van der Waals surface area (Å²) in [5.41, 5.74) is 0.990. The Morgan fingerprint density at radius 3 is 2.42 bits per heavy atom. The van der Waals surface area contributed by atoms with Crippen LogP contribution in [0.25, 0.3) is 5.76 Å². The molecule has 0 unspecified atom stereocenters. The molecule has 1 aliphatic rings. The Balaban J connectivity index is 2.35. The maximum absolute atomic E-state index is 10.8. The van der Waals surface area contributed by atoms with Crippen molar-refractivity contribution < 1.29 is 20.1 Å². The number of carbonyl (C=O) groups is 1. The third kappa shape index (κ3) is 2.93. The van der Waals surface area contributed by atoms with Crippen LogP contribution in [0.3, 0.4) is 0 Å². The number of allylic oxidation sites excluding steroid dienone is 7. The van der Waals surface area contributed by atoms with Gasteiger partial charge in [0.15, 0.2) is 0 Å². The standard InChI is InChI=1S/C15H12O4/c16-13(7-5-10-3-1-2-4-10)12-9-11(15(18)19)6-8-14(12)17/h1-9,16-17H,(H,18,19). The molecule has 3 N–H and O–H groups in total. The van der Waals surface area contributed by atoms with E-state index in [1.54, 1.807) is 6.08 Å². The molecule has 0 bridgehead atoms. The topological polar surface area (TPSA) is 77.8 Å². The highest BCUT2D eigenvalue weighted by Gasteiger charge is 2.10. The number of phenols is 1. The van der Waals surface area contributed by atoms with E-state index < -0.39 is 5.97 Å². The average molecular weight is 256 g/mol. The van der Waals surface area contributed by atoms with Crippen molar-refractivity contribution in [1.29, 1.82) is 0 Å². The highest BCUT2D eigenvalue weighted by Crippen LogP contribution is 2.25. The number of carboxylic acid groups (broad SMARTS) is 1. The fraction of sp³-hybridized carbons (Fsp3) is 0. The minimum absolute atomic E-state index is 0.000983. The van der Waals surface area contributed by atoms with Gasteiger partial charge >= 0.3 is 5.97 Å². The number of aliphatic hydroxyl groups excluding tert-OH is 1. The van der Waals surface area contributed by atoms with Crippen molar-refractivity contribution in [2.24, 2.45) is 0 Å². The lowest BCUT2D eigenvalue weighted by Crippen LogP contribution is -1.97. The predicted molar refractivity (Wildman–Crippen MR) is 72.0 cm³/mol. The molecule has 96 valence electrons. The maximum atomic E-state index is 10.8. The normalized spacial score (nSPS) is 13.9. The van der Waals surface area contributed by atoms with Gasteiger partial charge in [0.05, 0.1) is 11.1 Å². The van der Waals surface area contributed by atoms with Gasteiger partial charge in [0.2, 0.25) is 0 Å². The summed E-state index contributed by atoms with van der Waals surface area (Å²) in [4.78, 5) is 10.8. The zero-order chi connectivity index (χ0) is 13.8. The van der Waals surface area contributed by atoms with E-state index in [4.69, 9.17) is 5.11 Å². The minimum atomic E-state index is -1.12. The second-order valence-electron chi connectivity index (χ2n) is 3.97. The number of phenolic OH excluding ortho intramolecular Hbond substituents is 1. The fourth-order valence-corrected chi connectivity index (χ4v) is 1.64. The Morgan fingerprint density at radius 2 is 1.79 bits per heavy atom. The molecule has 0 radical (unpaired) electrons. The van der Waals surface area contributed by atoms with Crippen molar-refractivity contribution >= 4 is 11.7 Å². The van der Waals surface area contributed by atoms with Crippen LogP contribution in [0.15, 0.2) is 60.2 Å². The molecule has 1 aromatic rings. The van der Waals surface area contributed by atoms with Crippen LogP contribution in [0.4, 0.5) is 0 Å². The van der Waals surface area contributed by atoms with E-state index >= 15 is 0 Å². The zero-order valence-corrected chi connectivity index (χ0v) is 9.95. The number of aromatic carboxylic acids is 1. The molecule has 0 heterocycles. The van der Waals surface area contributed by atoms with E-state index in [1.807, 2.05) is 24.3 Å². The summed E-state index contributed by atoms with van der Waals surface area (Å²) in [6.07, 6.45) is 10.5. The van der Waals surface area contributed by atoms with Crippen molar-refractivity contribution in [3.05, 3.63) is 71.4 Å². The second kappa shape index (κ2) is 5.27. The number of carboxylic acids is 1. The number of benzene rings is 1. The monoisotopic (exact) mass is 256 g/mol. The van der Waals surface area contributed by atoms with Crippen molar-refractivity contribution in [2.75, 3.05) is 0 Å². The summed E-state index contributed by atoms with van der Waals surface area (Å²) >= 11 is 0. The molecule has 2 rings (SSSR count). The third-order valence-electron chi connectivity index (χ3n) is 2.64. The summed E-state index contributed by atoms with van der Waals surface area (Å²) in [6, 6.07) is 3.74. The van der Waals surface area contributed by atoms with E-state index in [0.717, 1.165) is 5.57 Å². The molecule has 0 fully saturated rings. The largest absolute Gasteiger partial charge is 0.507 e. The molecular weight excluding hydrogens is 244 g/mol. The molecule has 0 saturated heterocycles. The molecule has 1 aliphatic carbocycles. The molecule has 0 aliphatic heterocycles. The molecule has 4 heteroatoms. The number of aromatic hydroxyl groups is 1. The van der Waals surface area contributed by atoms with E-state index in [1.165, 1.54) is 24.3 Å². The molecule has 4 nitrogen and oxygen atoms in total. The first-order valence-electron chi connectivity index (χ1n) is 5.60. The van der Waals surface area contributed by atoms with Crippen LogP contribution in [-0.4, -0.2) is 21.3 Å². The van der Waals surface area contributed by atoms with Crippen LogP contribution in [0.1, 0.15) is 15.9 Å². The maximum Gasteiger partial charge on any atom is 0.335 e. The zero-order valence-electron chi connectivity index (χ0n) is 9.95. The van der Waals surface area contributed by atoms with E-state index in [0.29, 0.717) is 0 Å². The quantitative estimate of drug-likeness (QED) is 0.726. The second-order valence-corrected chi connectivity index (χ2v) is 3.97. The molecule has 0 spiro atoms. The SMILES string of the molecule is O=C(O)c1ccc(O)c(C(O)=CC=C2C=CC=C2)c1. The Kier molecular flexibility index (Phi) is 3.52. The summed E-state index contributed by atoms with van der Waals surface area (Å²) in [5.74, 6) is -1.48. The number of aliphatic hydroxyl groups is 1. The van der Waals surface area contributed by atoms with E-state index in [9.17, 15) is 15.0 Å². The van der Waals surface area contributed by atoms with Crippen LogP contribution >= 0.6 is 0 Å². The Bertz CT molecular complexity index is 620. The lowest BCUT2D eigenvalue weighted by Gasteiger charge is -2.04. The van der Waals surface area contributed by atoms with Gasteiger partial charge in [0.1, 0.15) is 11.5 Å². The van der Waals surface area contributed by atoms with Crippen LogP contribution in [0.5, 0.6) is 5.75 Å². The fourth-order valence-electron chi connectivity index (χ4n) is 1.64. The van der Waals surface area contributed by atoms with Crippen molar-refractivity contribution in [3.8, 4) is 5.75 Å². The molecule has 0 aromatic heterocycles.